The Labute approximate surface area is 182 Å². The number of amides is 2. The summed E-state index contributed by atoms with van der Waals surface area (Å²) in [7, 11) is 1.97. The maximum atomic E-state index is 12.9. The number of carbonyl (C=O) groups excluding carboxylic acids is 2. The molecule has 0 saturated carbocycles. The third kappa shape index (κ3) is 6.34. The maximum absolute atomic E-state index is 12.9. The molecular formula is C23H31N5O3. The van der Waals surface area contributed by atoms with Crippen molar-refractivity contribution in [2.45, 2.75) is 51.8 Å². The number of ether oxygens (including phenoxy) is 1. The van der Waals surface area contributed by atoms with Gasteiger partial charge < -0.3 is 24.5 Å². The highest BCUT2D eigenvalue weighted by Gasteiger charge is 2.25. The normalized spacial score (nSPS) is 12.5. The topological polar surface area (TPSA) is 90.2 Å². The second kappa shape index (κ2) is 9.68. The molecule has 0 aliphatic rings. The van der Waals surface area contributed by atoms with E-state index in [1.54, 1.807) is 33.3 Å². The first-order valence-electron chi connectivity index (χ1n) is 10.5. The molecule has 0 unspecified atom stereocenters. The summed E-state index contributed by atoms with van der Waals surface area (Å²) in [6.07, 6.45) is 7.88. The van der Waals surface area contributed by atoms with Crippen LogP contribution in [0, 0.1) is 0 Å². The van der Waals surface area contributed by atoms with Crippen LogP contribution in [0.5, 0.6) is 0 Å². The smallest absolute Gasteiger partial charge is 0.408 e. The highest BCUT2D eigenvalue weighted by Crippen LogP contribution is 2.21. The molecule has 8 heteroatoms. The fourth-order valence-electron chi connectivity index (χ4n) is 3.48. The van der Waals surface area contributed by atoms with E-state index in [1.807, 2.05) is 52.8 Å². The van der Waals surface area contributed by atoms with E-state index in [0.717, 1.165) is 29.4 Å². The molecule has 0 aliphatic carbocycles. The summed E-state index contributed by atoms with van der Waals surface area (Å²) in [6, 6.07) is 7.27. The van der Waals surface area contributed by atoms with E-state index in [4.69, 9.17) is 4.74 Å². The maximum Gasteiger partial charge on any atom is 0.408 e. The van der Waals surface area contributed by atoms with E-state index in [9.17, 15) is 9.59 Å². The highest BCUT2D eigenvalue weighted by atomic mass is 16.6. The monoisotopic (exact) mass is 425 g/mol. The Balaban J connectivity index is 1.68. The van der Waals surface area contributed by atoms with Gasteiger partial charge in [0.05, 0.1) is 6.33 Å². The number of carbonyl (C=O) groups is 2. The van der Waals surface area contributed by atoms with Gasteiger partial charge in [0.1, 0.15) is 11.6 Å². The largest absolute Gasteiger partial charge is 0.444 e. The molecule has 3 rings (SSSR count). The van der Waals surface area contributed by atoms with Gasteiger partial charge in [-0.1, -0.05) is 18.2 Å². The lowest BCUT2D eigenvalue weighted by Crippen LogP contribution is -2.49. The number of imidazole rings is 1. The Morgan fingerprint density at radius 2 is 2.00 bits per heavy atom. The number of fused-ring (bicyclic) bond motifs is 1. The molecule has 0 bridgehead atoms. The van der Waals surface area contributed by atoms with E-state index < -0.39 is 17.7 Å². The minimum absolute atomic E-state index is 0.232. The molecule has 0 fully saturated rings. The van der Waals surface area contributed by atoms with Crippen molar-refractivity contribution in [2.24, 2.45) is 7.05 Å². The molecule has 2 N–H and O–H groups in total. The number of benzene rings is 1. The first-order valence-corrected chi connectivity index (χ1v) is 10.5. The van der Waals surface area contributed by atoms with Crippen molar-refractivity contribution in [1.82, 2.24) is 24.8 Å². The van der Waals surface area contributed by atoms with Gasteiger partial charge in [0, 0.05) is 56.1 Å². The minimum atomic E-state index is -0.742. The molecule has 166 valence electrons. The molecule has 2 heterocycles. The number of para-hydroxylation sites is 1. The van der Waals surface area contributed by atoms with Crippen molar-refractivity contribution >= 4 is 22.9 Å². The summed E-state index contributed by atoms with van der Waals surface area (Å²) in [5.74, 6) is -0.232. The number of nitrogens with one attached hydrogen (secondary N) is 2. The molecule has 1 atom stereocenters. The predicted molar refractivity (Wildman–Crippen MR) is 120 cm³/mol. The van der Waals surface area contributed by atoms with Gasteiger partial charge in [-0.25, -0.2) is 9.78 Å². The molecule has 2 amide bonds. The van der Waals surface area contributed by atoms with Crippen LogP contribution in [-0.2, 0) is 29.5 Å². The minimum Gasteiger partial charge on any atom is -0.444 e. The summed E-state index contributed by atoms with van der Waals surface area (Å²) in [6.45, 7) is 6.64. The Kier molecular flexibility index (Phi) is 6.99. The van der Waals surface area contributed by atoms with Crippen molar-refractivity contribution in [3.8, 4) is 0 Å². The first kappa shape index (κ1) is 22.4. The van der Waals surface area contributed by atoms with Crippen LogP contribution in [0.25, 0.3) is 10.9 Å². The van der Waals surface area contributed by atoms with Gasteiger partial charge in [0.15, 0.2) is 0 Å². The Morgan fingerprint density at radius 3 is 2.71 bits per heavy atom. The van der Waals surface area contributed by atoms with Crippen molar-refractivity contribution in [1.29, 1.82) is 0 Å². The van der Waals surface area contributed by atoms with E-state index >= 15 is 0 Å². The zero-order valence-corrected chi connectivity index (χ0v) is 18.6. The van der Waals surface area contributed by atoms with Gasteiger partial charge in [-0.05, 0) is 38.8 Å². The van der Waals surface area contributed by atoms with E-state index in [-0.39, 0.29) is 5.91 Å². The Bertz CT molecular complexity index is 1020. The number of aromatic nitrogens is 3. The molecule has 3 aromatic rings. The second-order valence-corrected chi connectivity index (χ2v) is 8.63. The molecule has 0 aliphatic heterocycles. The third-order valence-electron chi connectivity index (χ3n) is 4.86. The molecule has 1 aromatic carbocycles. The SMILES string of the molecule is Cn1cc(C[C@@H](NC(=O)OC(C)(C)C)C(=O)NCCCn2ccnc2)c2ccccc21. The number of rotatable bonds is 8. The molecule has 8 nitrogen and oxygen atoms in total. The van der Waals surface area contributed by atoms with Gasteiger partial charge in [0.25, 0.3) is 0 Å². The van der Waals surface area contributed by atoms with Crippen molar-refractivity contribution in [3.05, 3.63) is 54.7 Å². The molecule has 31 heavy (non-hydrogen) atoms. The van der Waals surface area contributed by atoms with Gasteiger partial charge in [-0.2, -0.15) is 0 Å². The fourth-order valence-corrected chi connectivity index (χ4v) is 3.48. The molecule has 0 saturated heterocycles. The lowest BCUT2D eigenvalue weighted by atomic mass is 10.0. The second-order valence-electron chi connectivity index (χ2n) is 8.63. The molecular weight excluding hydrogens is 394 g/mol. The number of alkyl carbamates (subject to hydrolysis) is 1. The quantitative estimate of drug-likeness (QED) is 0.543. The molecule has 0 radical (unpaired) electrons. The fraction of sp³-hybridized carbons (Fsp3) is 0.435. The van der Waals surface area contributed by atoms with E-state index in [1.165, 1.54) is 0 Å². The summed E-state index contributed by atoms with van der Waals surface area (Å²) in [4.78, 5) is 29.3. The standard InChI is InChI=1S/C23H31N5O3/c1-23(2,3)31-22(30)26-19(21(29)25-10-7-12-28-13-11-24-16-28)14-17-15-27(4)20-9-6-5-8-18(17)20/h5-6,8-9,11,13,15-16,19H,7,10,12,14H2,1-4H3,(H,25,29)(H,26,30)/t19-/m1/s1. The average molecular weight is 426 g/mol. The summed E-state index contributed by atoms with van der Waals surface area (Å²) >= 11 is 0. The van der Waals surface area contributed by atoms with Crippen LogP contribution in [0.4, 0.5) is 4.79 Å². The number of hydrogen-bond acceptors (Lipinski definition) is 4. The number of nitrogens with zero attached hydrogens (tertiary/aromatic N) is 3. The van der Waals surface area contributed by atoms with Crippen molar-refractivity contribution < 1.29 is 14.3 Å². The molecule has 0 spiro atoms. The summed E-state index contributed by atoms with van der Waals surface area (Å²) in [5.41, 5.74) is 1.43. The zero-order valence-electron chi connectivity index (χ0n) is 18.6. The van der Waals surface area contributed by atoms with Crippen LogP contribution in [0.2, 0.25) is 0 Å². The zero-order chi connectivity index (χ0) is 22.4. The van der Waals surface area contributed by atoms with Gasteiger partial charge in [-0.15, -0.1) is 0 Å². The van der Waals surface area contributed by atoms with Crippen LogP contribution in [0.3, 0.4) is 0 Å². The van der Waals surface area contributed by atoms with Crippen molar-refractivity contribution in [2.75, 3.05) is 6.54 Å². The van der Waals surface area contributed by atoms with Gasteiger partial charge in [0.2, 0.25) is 5.91 Å². The Morgan fingerprint density at radius 1 is 1.23 bits per heavy atom. The van der Waals surface area contributed by atoms with E-state index in [2.05, 4.69) is 15.6 Å². The summed E-state index contributed by atoms with van der Waals surface area (Å²) < 4.78 is 9.36. The number of hydrogen-bond donors (Lipinski definition) is 2. The lowest BCUT2D eigenvalue weighted by Gasteiger charge is -2.23. The highest BCUT2D eigenvalue weighted by molar-refractivity contribution is 5.88. The van der Waals surface area contributed by atoms with Gasteiger partial charge >= 0.3 is 6.09 Å². The summed E-state index contributed by atoms with van der Waals surface area (Å²) in [5, 5.41) is 6.76. The Hall–Kier alpha value is -3.29. The van der Waals surface area contributed by atoms with Crippen LogP contribution in [-0.4, -0.2) is 44.3 Å². The van der Waals surface area contributed by atoms with Crippen molar-refractivity contribution in [3.63, 3.8) is 0 Å². The third-order valence-corrected chi connectivity index (χ3v) is 4.86. The van der Waals surface area contributed by atoms with Crippen LogP contribution in [0.1, 0.15) is 32.8 Å². The average Bonchev–Trinajstić information content (AvgIpc) is 3.32. The predicted octanol–water partition coefficient (Wildman–Crippen LogP) is 3.02. The lowest BCUT2D eigenvalue weighted by molar-refractivity contribution is -0.123. The van der Waals surface area contributed by atoms with Crippen LogP contribution in [0.15, 0.2) is 49.2 Å². The molecule has 2 aromatic heterocycles. The van der Waals surface area contributed by atoms with E-state index in [0.29, 0.717) is 13.0 Å². The number of aryl methyl sites for hydroxylation is 2. The van der Waals surface area contributed by atoms with Crippen LogP contribution >= 0.6 is 0 Å². The first-order chi connectivity index (χ1) is 14.7. The van der Waals surface area contributed by atoms with Gasteiger partial charge in [-0.3, -0.25) is 4.79 Å². The van der Waals surface area contributed by atoms with Crippen LogP contribution < -0.4 is 10.6 Å².